The van der Waals surface area contributed by atoms with Crippen molar-refractivity contribution in [1.29, 1.82) is 0 Å². The summed E-state index contributed by atoms with van der Waals surface area (Å²) in [4.78, 5) is 2.41. The molecule has 11 rings (SSSR count). The molecule has 1 aliphatic carbocycles. The third kappa shape index (κ3) is 7.32. The molecule has 0 saturated carbocycles. The molecule has 0 aromatic heterocycles. The fraction of sp³-hybridized carbons (Fsp3) is 0.0476. The van der Waals surface area contributed by atoms with Crippen LogP contribution < -0.4 is 4.90 Å². The molecule has 1 nitrogen and oxygen atoms in total. The van der Waals surface area contributed by atoms with E-state index in [9.17, 15) is 0 Å². The molecule has 0 unspecified atom stereocenters. The molecule has 64 heavy (non-hydrogen) atoms. The van der Waals surface area contributed by atoms with Gasteiger partial charge in [-0.3, -0.25) is 0 Å². The van der Waals surface area contributed by atoms with Gasteiger partial charge in [0.1, 0.15) is 0 Å². The van der Waals surface area contributed by atoms with Gasteiger partial charge in [-0.2, -0.15) is 0 Å². The lowest BCUT2D eigenvalue weighted by molar-refractivity contribution is 0.660. The molecule has 0 heterocycles. The largest absolute Gasteiger partial charge is 0.310 e. The van der Waals surface area contributed by atoms with Gasteiger partial charge in [-0.1, -0.05) is 208 Å². The lowest BCUT2D eigenvalue weighted by Gasteiger charge is -2.28. The number of fused-ring (bicyclic) bond motifs is 3. The first kappa shape index (κ1) is 38.9. The molecule has 0 bridgehead atoms. The standard InChI is InChI=1S/C63H47N/c1-63(2)61-42-55(48-26-24-47(25-27-48)44-14-6-3-7-15-44)32-38-59(61)60-39-37-58(43-62(60)63)64(56-33-28-49(29-34-56)53-22-12-20-51(40-53)45-16-8-4-9-17-45)57-35-30-50(31-36-57)54-23-13-21-52(41-54)46-18-10-5-11-19-46/h3-43H,1-2H3. The van der Waals surface area contributed by atoms with Gasteiger partial charge >= 0.3 is 0 Å². The highest BCUT2D eigenvalue weighted by molar-refractivity contribution is 5.88. The van der Waals surface area contributed by atoms with E-state index < -0.39 is 0 Å². The molecule has 0 amide bonds. The van der Waals surface area contributed by atoms with Crippen LogP contribution in [0.2, 0.25) is 0 Å². The van der Waals surface area contributed by atoms with Crippen molar-refractivity contribution < 1.29 is 0 Å². The summed E-state index contributed by atoms with van der Waals surface area (Å²) in [6.45, 7) is 4.76. The summed E-state index contributed by atoms with van der Waals surface area (Å²) in [5.74, 6) is 0. The molecule has 10 aromatic carbocycles. The number of rotatable bonds is 9. The molecule has 1 aliphatic rings. The minimum Gasteiger partial charge on any atom is -0.310 e. The fourth-order valence-corrected chi connectivity index (χ4v) is 9.60. The Labute approximate surface area is 377 Å². The summed E-state index contributed by atoms with van der Waals surface area (Å²) in [6.07, 6.45) is 0. The third-order valence-electron chi connectivity index (χ3n) is 13.1. The third-order valence-corrected chi connectivity index (χ3v) is 13.1. The van der Waals surface area contributed by atoms with Gasteiger partial charge in [0, 0.05) is 22.5 Å². The monoisotopic (exact) mass is 817 g/mol. The molecule has 304 valence electrons. The molecular weight excluding hydrogens is 771 g/mol. The number of nitrogens with zero attached hydrogens (tertiary/aromatic N) is 1. The van der Waals surface area contributed by atoms with Crippen LogP contribution in [0, 0.1) is 0 Å². The first-order valence-corrected chi connectivity index (χ1v) is 22.2. The highest BCUT2D eigenvalue weighted by atomic mass is 15.1. The second kappa shape index (κ2) is 16.4. The van der Waals surface area contributed by atoms with Gasteiger partial charge in [-0.15, -0.1) is 0 Å². The topological polar surface area (TPSA) is 3.24 Å². The van der Waals surface area contributed by atoms with Crippen molar-refractivity contribution in [3.63, 3.8) is 0 Å². The maximum atomic E-state index is 2.43. The van der Waals surface area contributed by atoms with Crippen LogP contribution in [0.3, 0.4) is 0 Å². The Morgan fingerprint density at radius 1 is 0.234 bits per heavy atom. The summed E-state index contributed by atoms with van der Waals surface area (Å²) in [5, 5.41) is 0. The predicted octanol–water partition coefficient (Wildman–Crippen LogP) is 17.5. The molecule has 1 heteroatoms. The molecule has 0 fully saturated rings. The Kier molecular flexibility index (Phi) is 9.94. The van der Waals surface area contributed by atoms with Crippen molar-refractivity contribution >= 4 is 17.1 Å². The van der Waals surface area contributed by atoms with Crippen molar-refractivity contribution in [2.24, 2.45) is 0 Å². The SMILES string of the molecule is CC1(C)c2cc(-c3ccc(-c4ccccc4)cc3)ccc2-c2ccc(N(c3ccc(-c4cccc(-c5ccccc5)c4)cc3)c3ccc(-c4cccc(-c5ccccc5)c4)cc3)cc21. The quantitative estimate of drug-likeness (QED) is 0.140. The minimum absolute atomic E-state index is 0.201. The summed E-state index contributed by atoms with van der Waals surface area (Å²) in [7, 11) is 0. The van der Waals surface area contributed by atoms with E-state index in [0.717, 1.165) is 17.1 Å². The van der Waals surface area contributed by atoms with Gasteiger partial charge in [-0.25, -0.2) is 0 Å². The van der Waals surface area contributed by atoms with E-state index in [4.69, 9.17) is 0 Å². The van der Waals surface area contributed by atoms with Crippen molar-refractivity contribution in [3.05, 3.63) is 260 Å². The van der Waals surface area contributed by atoms with Gasteiger partial charge in [-0.05, 0) is 144 Å². The van der Waals surface area contributed by atoms with Crippen LogP contribution in [-0.2, 0) is 5.41 Å². The lowest BCUT2D eigenvalue weighted by Crippen LogP contribution is -2.16. The van der Waals surface area contributed by atoms with Crippen LogP contribution in [0.15, 0.2) is 249 Å². The maximum Gasteiger partial charge on any atom is 0.0465 e. The Morgan fingerprint density at radius 2 is 0.516 bits per heavy atom. The van der Waals surface area contributed by atoms with E-state index >= 15 is 0 Å². The van der Waals surface area contributed by atoms with Crippen molar-refractivity contribution in [1.82, 2.24) is 0 Å². The molecule has 0 atom stereocenters. The second-order valence-corrected chi connectivity index (χ2v) is 17.4. The predicted molar refractivity (Wildman–Crippen MR) is 271 cm³/mol. The Hall–Kier alpha value is -8.00. The maximum absolute atomic E-state index is 2.43. The molecule has 0 spiro atoms. The van der Waals surface area contributed by atoms with Gasteiger partial charge in [0.25, 0.3) is 0 Å². The lowest BCUT2D eigenvalue weighted by atomic mass is 9.81. The molecule has 0 radical (unpaired) electrons. The first-order chi connectivity index (χ1) is 31.5. The van der Waals surface area contributed by atoms with Gasteiger partial charge in [0.15, 0.2) is 0 Å². The van der Waals surface area contributed by atoms with Crippen molar-refractivity contribution in [2.75, 3.05) is 4.90 Å². The Bertz CT molecular complexity index is 3110. The van der Waals surface area contributed by atoms with Crippen LogP contribution in [0.25, 0.3) is 77.9 Å². The van der Waals surface area contributed by atoms with Crippen LogP contribution in [0.5, 0.6) is 0 Å². The van der Waals surface area contributed by atoms with Crippen LogP contribution in [0.1, 0.15) is 25.0 Å². The van der Waals surface area contributed by atoms with Crippen LogP contribution in [-0.4, -0.2) is 0 Å². The normalized spacial score (nSPS) is 12.3. The summed E-state index contributed by atoms with van der Waals surface area (Å²) in [6, 6.07) is 90.7. The summed E-state index contributed by atoms with van der Waals surface area (Å²) < 4.78 is 0. The zero-order valence-electron chi connectivity index (χ0n) is 36.1. The summed E-state index contributed by atoms with van der Waals surface area (Å²) in [5.41, 5.74) is 23.0. The van der Waals surface area contributed by atoms with E-state index in [2.05, 4.69) is 267 Å². The average Bonchev–Trinajstić information content (AvgIpc) is 3.60. The van der Waals surface area contributed by atoms with Gasteiger partial charge in [0.2, 0.25) is 0 Å². The van der Waals surface area contributed by atoms with E-state index in [1.165, 1.54) is 89.0 Å². The molecule has 0 N–H and O–H groups in total. The van der Waals surface area contributed by atoms with Gasteiger partial charge < -0.3 is 4.90 Å². The smallest absolute Gasteiger partial charge is 0.0465 e. The van der Waals surface area contributed by atoms with Gasteiger partial charge in [0.05, 0.1) is 0 Å². The average molecular weight is 818 g/mol. The zero-order valence-corrected chi connectivity index (χ0v) is 36.1. The summed E-state index contributed by atoms with van der Waals surface area (Å²) >= 11 is 0. The Balaban J connectivity index is 0.954. The van der Waals surface area contributed by atoms with Crippen LogP contribution in [0.4, 0.5) is 17.1 Å². The molecular formula is C63H47N. The van der Waals surface area contributed by atoms with E-state index in [1.54, 1.807) is 0 Å². The van der Waals surface area contributed by atoms with E-state index in [-0.39, 0.29) is 5.41 Å². The van der Waals surface area contributed by atoms with E-state index in [1.807, 2.05) is 0 Å². The zero-order chi connectivity index (χ0) is 43.0. The van der Waals surface area contributed by atoms with E-state index in [0.29, 0.717) is 0 Å². The molecule has 10 aromatic rings. The number of hydrogen-bond acceptors (Lipinski definition) is 1. The molecule has 0 aliphatic heterocycles. The Morgan fingerprint density at radius 3 is 0.953 bits per heavy atom. The minimum atomic E-state index is -0.201. The van der Waals surface area contributed by atoms with Crippen molar-refractivity contribution in [2.45, 2.75) is 19.3 Å². The first-order valence-electron chi connectivity index (χ1n) is 22.2. The highest BCUT2D eigenvalue weighted by Gasteiger charge is 2.36. The molecule has 0 saturated heterocycles. The number of anilines is 3. The highest BCUT2D eigenvalue weighted by Crippen LogP contribution is 2.52. The second-order valence-electron chi connectivity index (χ2n) is 17.4. The number of hydrogen-bond donors (Lipinski definition) is 0. The van der Waals surface area contributed by atoms with Crippen molar-refractivity contribution in [3.8, 4) is 77.9 Å². The fourth-order valence-electron chi connectivity index (χ4n) is 9.60. The van der Waals surface area contributed by atoms with Crippen LogP contribution >= 0.6 is 0 Å². The number of benzene rings is 10.